The summed E-state index contributed by atoms with van der Waals surface area (Å²) in [5, 5.41) is 0. The molecule has 136 valence electrons. The molecule has 1 unspecified atom stereocenters. The fourth-order valence-electron chi connectivity index (χ4n) is 3.26. The number of urea groups is 1. The summed E-state index contributed by atoms with van der Waals surface area (Å²) >= 11 is 1.72. The first-order chi connectivity index (χ1) is 12.5. The molecular weight excluding hydrogens is 346 g/mol. The third kappa shape index (κ3) is 3.51. The topological polar surface area (TPSA) is 52.8 Å². The minimum Gasteiger partial charge on any atom is -0.255 e. The Morgan fingerprint density at radius 1 is 1.19 bits per heavy atom. The van der Waals surface area contributed by atoms with E-state index in [0.29, 0.717) is 5.84 Å². The van der Waals surface area contributed by atoms with Crippen LogP contribution in [0.3, 0.4) is 0 Å². The lowest BCUT2D eigenvalue weighted by atomic mass is 9.96. The first kappa shape index (κ1) is 18.6. The van der Waals surface area contributed by atoms with E-state index in [2.05, 4.69) is 24.0 Å². The fourth-order valence-corrected chi connectivity index (χ4v) is 4.53. The SMILES string of the molecule is CCCC1=C(SCCc2ccccc2)C2C(=O)N(C)C(=O)[N+](C)=C2N=C1. The summed E-state index contributed by atoms with van der Waals surface area (Å²) in [6.45, 7) is 2.12. The van der Waals surface area contributed by atoms with Crippen molar-refractivity contribution >= 4 is 35.8 Å². The van der Waals surface area contributed by atoms with Crippen LogP contribution in [0.2, 0.25) is 0 Å². The van der Waals surface area contributed by atoms with Gasteiger partial charge in [-0.05, 0) is 24.0 Å². The van der Waals surface area contributed by atoms with E-state index >= 15 is 0 Å². The lowest BCUT2D eigenvalue weighted by Gasteiger charge is -2.28. The molecule has 0 saturated carbocycles. The molecule has 0 spiro atoms. The average Bonchev–Trinajstić information content (AvgIpc) is 2.66. The number of rotatable bonds is 6. The van der Waals surface area contributed by atoms with E-state index in [9.17, 15) is 9.59 Å². The van der Waals surface area contributed by atoms with Gasteiger partial charge in [-0.25, -0.2) is 4.79 Å². The number of fused-ring (bicyclic) bond motifs is 1. The van der Waals surface area contributed by atoms with Crippen molar-refractivity contribution in [1.29, 1.82) is 0 Å². The molecule has 1 atom stereocenters. The molecule has 0 bridgehead atoms. The molecule has 2 aliphatic heterocycles. The molecule has 5 nitrogen and oxygen atoms in total. The Balaban J connectivity index is 1.88. The van der Waals surface area contributed by atoms with Crippen LogP contribution < -0.4 is 0 Å². The van der Waals surface area contributed by atoms with Crippen molar-refractivity contribution in [3.8, 4) is 0 Å². The highest BCUT2D eigenvalue weighted by atomic mass is 32.2. The Bertz CT molecular complexity index is 812. The molecule has 0 fully saturated rings. The van der Waals surface area contributed by atoms with Crippen LogP contribution in [0.1, 0.15) is 25.3 Å². The van der Waals surface area contributed by atoms with Crippen molar-refractivity contribution in [3.05, 3.63) is 46.4 Å². The number of thioether (sulfide) groups is 1. The molecule has 2 heterocycles. The minimum absolute atomic E-state index is 0.184. The van der Waals surface area contributed by atoms with Gasteiger partial charge in [0.2, 0.25) is 0 Å². The van der Waals surface area contributed by atoms with Gasteiger partial charge in [0.15, 0.2) is 5.92 Å². The Morgan fingerprint density at radius 3 is 2.62 bits per heavy atom. The summed E-state index contributed by atoms with van der Waals surface area (Å²) in [6, 6.07) is 10.0. The van der Waals surface area contributed by atoms with Gasteiger partial charge in [-0.2, -0.15) is 9.48 Å². The number of allylic oxidation sites excluding steroid dienone is 1. The number of imide groups is 1. The van der Waals surface area contributed by atoms with Crippen LogP contribution in [0, 0.1) is 5.92 Å². The quantitative estimate of drug-likeness (QED) is 0.722. The highest BCUT2D eigenvalue weighted by Crippen LogP contribution is 2.36. The molecule has 0 aliphatic carbocycles. The number of carbonyl (C=O) groups excluding carboxylic acids is 2. The maximum absolute atomic E-state index is 12.8. The molecular formula is C20H24N3O2S+. The van der Waals surface area contributed by atoms with E-state index in [1.807, 2.05) is 24.4 Å². The predicted molar refractivity (Wildman–Crippen MR) is 106 cm³/mol. The normalized spacial score (nSPS) is 20.1. The number of nitrogens with zero attached hydrogens (tertiary/aromatic N) is 3. The summed E-state index contributed by atoms with van der Waals surface area (Å²) in [6.07, 6.45) is 4.65. The van der Waals surface area contributed by atoms with Gasteiger partial charge < -0.3 is 0 Å². The van der Waals surface area contributed by atoms with Gasteiger partial charge in [0.05, 0.1) is 14.1 Å². The first-order valence-corrected chi connectivity index (χ1v) is 9.89. The average molecular weight is 370 g/mol. The van der Waals surface area contributed by atoms with E-state index in [1.165, 1.54) is 15.0 Å². The standard InChI is InChI=1S/C20H24N3O2S/c1-4-8-15-13-21-18-16(19(24)23(3)20(25)22(18)2)17(15)26-12-11-14-9-6-5-7-10-14/h5-7,9-10,13,16H,4,8,11-12H2,1-3H3/q+1. The van der Waals surface area contributed by atoms with Crippen LogP contribution in [-0.2, 0) is 11.2 Å². The Morgan fingerprint density at radius 2 is 1.92 bits per heavy atom. The molecule has 3 amide bonds. The van der Waals surface area contributed by atoms with Crippen molar-refractivity contribution < 1.29 is 14.2 Å². The minimum atomic E-state index is -0.463. The predicted octanol–water partition coefficient (Wildman–Crippen LogP) is 3.35. The van der Waals surface area contributed by atoms with Crippen LogP contribution in [0.15, 0.2) is 45.8 Å². The number of hydrogen-bond acceptors (Lipinski definition) is 4. The number of dihydropyridines is 1. The zero-order chi connectivity index (χ0) is 18.7. The summed E-state index contributed by atoms with van der Waals surface area (Å²) in [5.74, 6) is 0.782. The third-order valence-electron chi connectivity index (χ3n) is 4.70. The van der Waals surface area contributed by atoms with Crippen LogP contribution >= 0.6 is 11.8 Å². The first-order valence-electron chi connectivity index (χ1n) is 8.90. The maximum Gasteiger partial charge on any atom is 0.445 e. The van der Waals surface area contributed by atoms with E-state index in [0.717, 1.165) is 35.5 Å². The summed E-state index contributed by atoms with van der Waals surface area (Å²) in [5.41, 5.74) is 2.40. The van der Waals surface area contributed by atoms with Crippen LogP contribution in [0.25, 0.3) is 0 Å². The van der Waals surface area contributed by atoms with Crippen LogP contribution in [0.5, 0.6) is 0 Å². The molecule has 1 aromatic carbocycles. The van der Waals surface area contributed by atoms with Crippen LogP contribution in [-0.4, -0.2) is 53.3 Å². The van der Waals surface area contributed by atoms with Gasteiger partial charge in [0.1, 0.15) is 6.21 Å². The third-order valence-corrected chi connectivity index (χ3v) is 5.91. The fraction of sp³-hybridized carbons (Fsp3) is 0.400. The summed E-state index contributed by atoms with van der Waals surface area (Å²) in [7, 11) is 3.23. The molecule has 1 aromatic rings. The second kappa shape index (κ2) is 7.99. The smallest absolute Gasteiger partial charge is 0.255 e. The zero-order valence-electron chi connectivity index (χ0n) is 15.4. The Hall–Kier alpha value is -2.21. The van der Waals surface area contributed by atoms with Crippen molar-refractivity contribution in [3.63, 3.8) is 0 Å². The number of amidine groups is 1. The summed E-state index contributed by atoms with van der Waals surface area (Å²) < 4.78 is 1.49. The second-order valence-corrected chi connectivity index (χ2v) is 7.65. The lowest BCUT2D eigenvalue weighted by Crippen LogP contribution is -2.52. The van der Waals surface area contributed by atoms with Gasteiger partial charge >= 0.3 is 11.9 Å². The molecule has 0 radical (unpaired) electrons. The molecule has 0 N–H and O–H groups in total. The highest BCUT2D eigenvalue weighted by molar-refractivity contribution is 8.03. The molecule has 6 heteroatoms. The monoisotopic (exact) mass is 370 g/mol. The van der Waals surface area contributed by atoms with Gasteiger partial charge in [0.25, 0.3) is 5.84 Å². The highest BCUT2D eigenvalue weighted by Gasteiger charge is 2.48. The molecule has 3 rings (SSSR count). The van der Waals surface area contributed by atoms with Gasteiger partial charge in [0, 0.05) is 10.7 Å². The lowest BCUT2D eigenvalue weighted by molar-refractivity contribution is -0.407. The molecule has 26 heavy (non-hydrogen) atoms. The van der Waals surface area contributed by atoms with E-state index in [4.69, 9.17) is 0 Å². The number of carbonyl (C=O) groups is 2. The van der Waals surface area contributed by atoms with Crippen LogP contribution in [0.4, 0.5) is 4.79 Å². The molecule has 0 saturated heterocycles. The number of benzene rings is 1. The van der Waals surface area contributed by atoms with Crippen molar-refractivity contribution in [1.82, 2.24) is 4.90 Å². The van der Waals surface area contributed by atoms with Gasteiger partial charge in [-0.15, -0.1) is 16.8 Å². The van der Waals surface area contributed by atoms with E-state index in [-0.39, 0.29) is 11.9 Å². The Kier molecular flexibility index (Phi) is 5.71. The van der Waals surface area contributed by atoms with E-state index < -0.39 is 5.92 Å². The second-order valence-electron chi connectivity index (χ2n) is 6.51. The van der Waals surface area contributed by atoms with Crippen molar-refractivity contribution in [2.24, 2.45) is 10.9 Å². The Labute approximate surface area is 158 Å². The summed E-state index contributed by atoms with van der Waals surface area (Å²) in [4.78, 5) is 31.8. The number of aryl methyl sites for hydroxylation is 1. The number of amides is 3. The van der Waals surface area contributed by atoms with Gasteiger partial charge in [-0.3, -0.25) is 4.79 Å². The largest absolute Gasteiger partial charge is 0.445 e. The van der Waals surface area contributed by atoms with Crippen molar-refractivity contribution in [2.45, 2.75) is 26.2 Å². The number of aliphatic imine (C=N–C) groups is 1. The number of hydrogen-bond donors (Lipinski definition) is 0. The van der Waals surface area contributed by atoms with Crippen molar-refractivity contribution in [2.75, 3.05) is 19.8 Å². The van der Waals surface area contributed by atoms with E-state index in [1.54, 1.807) is 25.9 Å². The zero-order valence-corrected chi connectivity index (χ0v) is 16.3. The molecule has 0 aromatic heterocycles. The van der Waals surface area contributed by atoms with Gasteiger partial charge in [-0.1, -0.05) is 43.7 Å². The molecule has 2 aliphatic rings. The maximum atomic E-state index is 12.8.